The molecule has 1 atom stereocenters. The van der Waals surface area contributed by atoms with Crippen LogP contribution in [0.4, 0.5) is 0 Å². The summed E-state index contributed by atoms with van der Waals surface area (Å²) in [5, 5.41) is 8.12. The fraction of sp³-hybridized carbons (Fsp3) is 0.500. The van der Waals surface area contributed by atoms with Crippen LogP contribution >= 0.6 is 0 Å². The number of aromatic nitrogens is 3. The third kappa shape index (κ3) is 2.24. The third-order valence-electron chi connectivity index (χ3n) is 4.24. The molecule has 3 rings (SSSR count). The monoisotopic (exact) mass is 270 g/mol. The molecule has 0 saturated carbocycles. The molecule has 1 aliphatic heterocycles. The number of aryl methyl sites for hydroxylation is 1. The van der Waals surface area contributed by atoms with Gasteiger partial charge in [0, 0.05) is 24.6 Å². The topological polar surface area (TPSA) is 42.7 Å². The molecule has 4 heteroatoms. The van der Waals surface area contributed by atoms with Crippen LogP contribution in [0.1, 0.15) is 32.0 Å². The quantitative estimate of drug-likeness (QED) is 0.928. The highest BCUT2D eigenvalue weighted by atomic mass is 15.3. The molecule has 106 valence electrons. The third-order valence-corrected chi connectivity index (χ3v) is 4.24. The summed E-state index contributed by atoms with van der Waals surface area (Å²) in [6.07, 6.45) is 3.50. The fourth-order valence-electron chi connectivity index (χ4n) is 3.29. The Labute approximate surface area is 120 Å². The van der Waals surface area contributed by atoms with Crippen LogP contribution in [-0.4, -0.2) is 27.9 Å². The molecular weight excluding hydrogens is 248 g/mol. The normalized spacial score (nSPS) is 22.3. The molecule has 4 nitrogen and oxygen atoms in total. The van der Waals surface area contributed by atoms with Crippen LogP contribution in [0.2, 0.25) is 0 Å². The number of rotatable bonds is 4. The molecule has 0 spiro atoms. The van der Waals surface area contributed by atoms with Crippen LogP contribution in [-0.2, 0) is 12.5 Å². The van der Waals surface area contributed by atoms with Crippen molar-refractivity contribution in [1.29, 1.82) is 0 Å². The van der Waals surface area contributed by atoms with Crippen molar-refractivity contribution in [2.75, 3.05) is 13.1 Å². The zero-order chi connectivity index (χ0) is 14.0. The van der Waals surface area contributed by atoms with E-state index in [1.54, 1.807) is 0 Å². The average molecular weight is 270 g/mol. The first-order chi connectivity index (χ1) is 9.75. The first-order valence-corrected chi connectivity index (χ1v) is 7.43. The van der Waals surface area contributed by atoms with E-state index in [2.05, 4.69) is 29.5 Å². The van der Waals surface area contributed by atoms with Crippen molar-refractivity contribution in [2.24, 2.45) is 7.05 Å². The summed E-state index contributed by atoms with van der Waals surface area (Å²) in [4.78, 5) is 4.86. The summed E-state index contributed by atoms with van der Waals surface area (Å²) in [5.41, 5.74) is 1.25. The molecule has 1 saturated heterocycles. The summed E-state index contributed by atoms with van der Waals surface area (Å²) >= 11 is 0. The molecule has 20 heavy (non-hydrogen) atoms. The maximum atomic E-state index is 4.86. The molecule has 1 aromatic carbocycles. The van der Waals surface area contributed by atoms with Gasteiger partial charge in [-0.3, -0.25) is 4.68 Å². The summed E-state index contributed by atoms with van der Waals surface area (Å²) in [6.45, 7) is 4.34. The van der Waals surface area contributed by atoms with Gasteiger partial charge in [-0.1, -0.05) is 43.7 Å². The van der Waals surface area contributed by atoms with Crippen molar-refractivity contribution >= 4 is 0 Å². The second kappa shape index (κ2) is 5.37. The zero-order valence-corrected chi connectivity index (χ0v) is 12.3. The Bertz CT molecular complexity index is 567. The Hall–Kier alpha value is -1.68. The molecule has 1 fully saturated rings. The molecule has 1 aliphatic rings. The van der Waals surface area contributed by atoms with Crippen molar-refractivity contribution in [3.63, 3.8) is 0 Å². The number of benzene rings is 1. The number of hydrogen-bond donors (Lipinski definition) is 1. The lowest BCUT2D eigenvalue weighted by molar-refractivity contribution is 0.385. The highest BCUT2D eigenvalue weighted by Gasteiger charge is 2.39. The molecule has 0 aliphatic carbocycles. The van der Waals surface area contributed by atoms with Crippen LogP contribution < -0.4 is 5.32 Å². The predicted molar refractivity (Wildman–Crippen MR) is 80.5 cm³/mol. The summed E-state index contributed by atoms with van der Waals surface area (Å²) in [5.74, 6) is 1.97. The highest BCUT2D eigenvalue weighted by Crippen LogP contribution is 2.34. The van der Waals surface area contributed by atoms with Gasteiger partial charge in [-0.15, -0.1) is 0 Å². The van der Waals surface area contributed by atoms with E-state index in [1.807, 2.05) is 29.9 Å². The lowest BCUT2D eigenvalue weighted by atomic mass is 9.81. The van der Waals surface area contributed by atoms with E-state index >= 15 is 0 Å². The molecule has 1 unspecified atom stereocenters. The average Bonchev–Trinajstić information content (AvgIpc) is 3.08. The van der Waals surface area contributed by atoms with Crippen molar-refractivity contribution in [3.05, 3.63) is 36.2 Å². The second-order valence-electron chi connectivity index (χ2n) is 5.71. The standard InChI is InChI=1S/C16H22N4/c1-3-9-16(10-11-17-12-16)15-18-14(19-20(15)2)13-7-5-4-6-8-13/h4-8,17H,3,9-12H2,1-2H3. The molecule has 1 aromatic heterocycles. The van der Waals surface area contributed by atoms with Crippen molar-refractivity contribution in [1.82, 2.24) is 20.1 Å². The van der Waals surface area contributed by atoms with E-state index in [-0.39, 0.29) is 5.41 Å². The van der Waals surface area contributed by atoms with Gasteiger partial charge in [0.1, 0.15) is 5.82 Å². The number of nitrogens with zero attached hydrogens (tertiary/aromatic N) is 3. The summed E-state index contributed by atoms with van der Waals surface area (Å²) in [6, 6.07) is 10.2. The second-order valence-corrected chi connectivity index (χ2v) is 5.71. The van der Waals surface area contributed by atoms with Crippen LogP contribution in [0.15, 0.2) is 30.3 Å². The molecule has 0 bridgehead atoms. The minimum absolute atomic E-state index is 0.156. The van der Waals surface area contributed by atoms with Gasteiger partial charge in [-0.05, 0) is 19.4 Å². The van der Waals surface area contributed by atoms with Gasteiger partial charge in [0.2, 0.25) is 0 Å². The molecule has 1 N–H and O–H groups in total. The van der Waals surface area contributed by atoms with Crippen LogP contribution in [0.3, 0.4) is 0 Å². The maximum absolute atomic E-state index is 4.86. The Morgan fingerprint density at radius 3 is 2.75 bits per heavy atom. The predicted octanol–water partition coefficient (Wildman–Crippen LogP) is 2.51. The molecule has 0 amide bonds. The largest absolute Gasteiger partial charge is 0.316 e. The first-order valence-electron chi connectivity index (χ1n) is 7.43. The highest BCUT2D eigenvalue weighted by molar-refractivity contribution is 5.54. The van der Waals surface area contributed by atoms with Crippen molar-refractivity contribution < 1.29 is 0 Å². The minimum Gasteiger partial charge on any atom is -0.316 e. The number of nitrogens with one attached hydrogen (secondary N) is 1. The van der Waals surface area contributed by atoms with Gasteiger partial charge in [-0.25, -0.2) is 4.98 Å². The van der Waals surface area contributed by atoms with E-state index in [0.717, 1.165) is 36.7 Å². The SMILES string of the molecule is CCCC1(c2nc(-c3ccccc3)nn2C)CCNC1. The zero-order valence-electron chi connectivity index (χ0n) is 12.3. The van der Waals surface area contributed by atoms with Gasteiger partial charge in [0.05, 0.1) is 0 Å². The smallest absolute Gasteiger partial charge is 0.181 e. The Morgan fingerprint density at radius 1 is 1.30 bits per heavy atom. The van der Waals surface area contributed by atoms with Crippen LogP contribution in [0.5, 0.6) is 0 Å². The summed E-state index contributed by atoms with van der Waals surface area (Å²) < 4.78 is 1.98. The van der Waals surface area contributed by atoms with E-state index in [0.29, 0.717) is 0 Å². The van der Waals surface area contributed by atoms with Gasteiger partial charge < -0.3 is 5.32 Å². The maximum Gasteiger partial charge on any atom is 0.181 e. The van der Waals surface area contributed by atoms with Gasteiger partial charge in [-0.2, -0.15) is 5.10 Å². The Balaban J connectivity index is 2.00. The Morgan fingerprint density at radius 2 is 2.10 bits per heavy atom. The van der Waals surface area contributed by atoms with Gasteiger partial charge in [0.15, 0.2) is 5.82 Å². The van der Waals surface area contributed by atoms with Crippen molar-refractivity contribution in [2.45, 2.75) is 31.6 Å². The van der Waals surface area contributed by atoms with Gasteiger partial charge in [0.25, 0.3) is 0 Å². The molecule has 2 heterocycles. The minimum atomic E-state index is 0.156. The van der Waals surface area contributed by atoms with E-state index in [1.165, 1.54) is 12.8 Å². The van der Waals surface area contributed by atoms with E-state index < -0.39 is 0 Å². The molecular formula is C16H22N4. The van der Waals surface area contributed by atoms with Crippen molar-refractivity contribution in [3.8, 4) is 11.4 Å². The van der Waals surface area contributed by atoms with Crippen LogP contribution in [0, 0.1) is 0 Å². The fourth-order valence-corrected chi connectivity index (χ4v) is 3.29. The van der Waals surface area contributed by atoms with Gasteiger partial charge >= 0.3 is 0 Å². The van der Waals surface area contributed by atoms with E-state index in [9.17, 15) is 0 Å². The Kier molecular flexibility index (Phi) is 3.57. The molecule has 0 radical (unpaired) electrons. The van der Waals surface area contributed by atoms with Crippen LogP contribution in [0.25, 0.3) is 11.4 Å². The molecule has 2 aromatic rings. The lowest BCUT2D eigenvalue weighted by Crippen LogP contribution is -2.32. The number of hydrogen-bond acceptors (Lipinski definition) is 3. The van der Waals surface area contributed by atoms with E-state index in [4.69, 9.17) is 4.98 Å². The lowest BCUT2D eigenvalue weighted by Gasteiger charge is -2.26. The summed E-state index contributed by atoms with van der Waals surface area (Å²) in [7, 11) is 2.02. The first kappa shape index (κ1) is 13.3.